The van der Waals surface area contributed by atoms with Crippen molar-refractivity contribution in [3.8, 4) is 0 Å². The van der Waals surface area contributed by atoms with Gasteiger partial charge in [-0.2, -0.15) is 0 Å². The molecule has 104 valence electrons. The maximum Gasteiger partial charge on any atom is 0.352 e. The fourth-order valence-electron chi connectivity index (χ4n) is 1.94. The molecular weight excluding hydrogens is 254 g/mol. The summed E-state index contributed by atoms with van der Waals surface area (Å²) in [5.41, 5.74) is 3.98. The predicted molar refractivity (Wildman–Crippen MR) is 66.6 cm³/mol. The molecule has 0 amide bonds. The molecule has 0 spiro atoms. The van der Waals surface area contributed by atoms with Crippen molar-refractivity contribution in [3.05, 3.63) is 16.4 Å². The number of aliphatic hydroxyl groups is 1. The second-order valence-electron chi connectivity index (χ2n) is 4.43. The molecule has 2 atom stereocenters. The van der Waals surface area contributed by atoms with Crippen LogP contribution in [0.3, 0.4) is 0 Å². The van der Waals surface area contributed by atoms with Crippen LogP contribution < -0.4 is 11.1 Å². The van der Waals surface area contributed by atoms with E-state index >= 15 is 0 Å². The van der Waals surface area contributed by atoms with Crippen LogP contribution in [0.4, 0.5) is 17.3 Å². The van der Waals surface area contributed by atoms with E-state index in [0.717, 1.165) is 6.33 Å². The fraction of sp³-hybridized carbons (Fsp3) is 0.600. The number of hydrogen-bond acceptors (Lipinski definition) is 8. The summed E-state index contributed by atoms with van der Waals surface area (Å²) >= 11 is 0. The normalized spacial score (nSPS) is 26.3. The summed E-state index contributed by atoms with van der Waals surface area (Å²) in [6.45, 7) is 2.29. The van der Waals surface area contributed by atoms with Crippen LogP contribution in [0.15, 0.2) is 6.33 Å². The molecular formula is C10H15N5O4. The minimum Gasteiger partial charge on any atom is -0.385 e. The molecule has 0 radical (unpaired) electrons. The molecule has 1 saturated heterocycles. The fourth-order valence-corrected chi connectivity index (χ4v) is 1.94. The molecule has 0 aliphatic carbocycles. The molecule has 1 fully saturated rings. The molecule has 19 heavy (non-hydrogen) atoms. The Labute approximate surface area is 109 Å². The minimum absolute atomic E-state index is 0.00924. The van der Waals surface area contributed by atoms with E-state index in [4.69, 9.17) is 10.5 Å². The number of nitrogens with two attached hydrogens (primary N) is 1. The number of hydrogen-bond donors (Lipinski definition) is 3. The van der Waals surface area contributed by atoms with Crippen molar-refractivity contribution < 1.29 is 14.8 Å². The Hall–Kier alpha value is -2.00. The maximum absolute atomic E-state index is 10.9. The molecule has 0 aromatic carbocycles. The van der Waals surface area contributed by atoms with E-state index in [-0.39, 0.29) is 24.3 Å². The molecule has 1 aliphatic heterocycles. The summed E-state index contributed by atoms with van der Waals surface area (Å²) in [5, 5.41) is 23.9. The highest BCUT2D eigenvalue weighted by molar-refractivity contribution is 5.67. The lowest BCUT2D eigenvalue weighted by Gasteiger charge is -2.26. The molecule has 2 heterocycles. The number of nitrogens with one attached hydrogen (secondary N) is 1. The standard InChI is InChI=1S/C10H15N5O4/c1-6-10(16,2-3-19-6)4-12-9-7(15(17)18)8(11)13-5-14-9/h5-6,16H,2-4H2,1H3,(H3,11,12,13,14). The Morgan fingerprint density at radius 2 is 2.47 bits per heavy atom. The smallest absolute Gasteiger partial charge is 0.352 e. The van der Waals surface area contributed by atoms with E-state index < -0.39 is 16.2 Å². The summed E-state index contributed by atoms with van der Waals surface area (Å²) in [7, 11) is 0. The van der Waals surface area contributed by atoms with E-state index in [1.165, 1.54) is 0 Å². The van der Waals surface area contributed by atoms with Gasteiger partial charge in [0, 0.05) is 19.6 Å². The Kier molecular flexibility index (Phi) is 3.49. The van der Waals surface area contributed by atoms with Gasteiger partial charge in [0.15, 0.2) is 0 Å². The zero-order valence-corrected chi connectivity index (χ0v) is 10.4. The molecule has 9 nitrogen and oxygen atoms in total. The van der Waals surface area contributed by atoms with Gasteiger partial charge < -0.3 is 20.9 Å². The van der Waals surface area contributed by atoms with Gasteiger partial charge in [-0.1, -0.05) is 0 Å². The first-order chi connectivity index (χ1) is 8.94. The average molecular weight is 269 g/mol. The SMILES string of the molecule is CC1OCCC1(O)CNc1ncnc(N)c1[N+](=O)[O-]. The van der Waals surface area contributed by atoms with Crippen molar-refractivity contribution in [1.82, 2.24) is 9.97 Å². The van der Waals surface area contributed by atoms with Crippen molar-refractivity contribution in [2.45, 2.75) is 25.0 Å². The van der Waals surface area contributed by atoms with Crippen molar-refractivity contribution in [1.29, 1.82) is 0 Å². The van der Waals surface area contributed by atoms with Crippen LogP contribution in [0, 0.1) is 10.1 Å². The molecule has 2 rings (SSSR count). The van der Waals surface area contributed by atoms with Crippen LogP contribution in [0.1, 0.15) is 13.3 Å². The molecule has 0 bridgehead atoms. The number of aromatic nitrogens is 2. The Balaban J connectivity index is 2.16. The van der Waals surface area contributed by atoms with Crippen molar-refractivity contribution in [2.75, 3.05) is 24.2 Å². The van der Waals surface area contributed by atoms with Gasteiger partial charge in [0.05, 0.1) is 11.0 Å². The lowest BCUT2D eigenvalue weighted by atomic mass is 9.97. The first-order valence-electron chi connectivity index (χ1n) is 5.77. The number of nitro groups is 1. The van der Waals surface area contributed by atoms with Gasteiger partial charge in [-0.15, -0.1) is 0 Å². The second kappa shape index (κ2) is 4.94. The summed E-state index contributed by atoms with van der Waals surface area (Å²) in [5.74, 6) is -0.227. The van der Waals surface area contributed by atoms with E-state index in [1.54, 1.807) is 6.92 Å². The Bertz CT molecular complexity index is 497. The minimum atomic E-state index is -1.08. The zero-order chi connectivity index (χ0) is 14.0. The van der Waals surface area contributed by atoms with E-state index in [0.29, 0.717) is 13.0 Å². The zero-order valence-electron chi connectivity index (χ0n) is 10.4. The van der Waals surface area contributed by atoms with Crippen LogP contribution in [-0.4, -0.2) is 44.9 Å². The summed E-state index contributed by atoms with van der Waals surface area (Å²) in [4.78, 5) is 17.6. The lowest BCUT2D eigenvalue weighted by molar-refractivity contribution is -0.383. The number of nitrogen functional groups attached to an aromatic ring is 1. The monoisotopic (exact) mass is 269 g/mol. The third kappa shape index (κ3) is 2.56. The molecule has 0 saturated carbocycles. The first kappa shape index (κ1) is 13.4. The summed E-state index contributed by atoms with van der Waals surface area (Å²) in [6, 6.07) is 0. The first-order valence-corrected chi connectivity index (χ1v) is 5.77. The molecule has 4 N–H and O–H groups in total. The second-order valence-corrected chi connectivity index (χ2v) is 4.43. The van der Waals surface area contributed by atoms with Gasteiger partial charge in [0.25, 0.3) is 0 Å². The van der Waals surface area contributed by atoms with Crippen molar-refractivity contribution in [3.63, 3.8) is 0 Å². The summed E-state index contributed by atoms with van der Waals surface area (Å²) in [6.07, 6.45) is 1.23. The summed E-state index contributed by atoms with van der Waals surface area (Å²) < 4.78 is 5.28. The van der Waals surface area contributed by atoms with Gasteiger partial charge in [-0.3, -0.25) is 10.1 Å². The molecule has 1 aromatic rings. The van der Waals surface area contributed by atoms with E-state index in [2.05, 4.69) is 15.3 Å². The van der Waals surface area contributed by atoms with E-state index in [9.17, 15) is 15.2 Å². The van der Waals surface area contributed by atoms with Crippen LogP contribution >= 0.6 is 0 Å². The largest absolute Gasteiger partial charge is 0.385 e. The lowest BCUT2D eigenvalue weighted by Crippen LogP contribution is -2.43. The Morgan fingerprint density at radius 3 is 3.05 bits per heavy atom. The predicted octanol–water partition coefficient (Wildman–Crippen LogP) is -0.0812. The topological polar surface area (TPSA) is 136 Å². The van der Waals surface area contributed by atoms with Gasteiger partial charge in [0.2, 0.25) is 11.6 Å². The number of ether oxygens (including phenoxy) is 1. The highest BCUT2D eigenvalue weighted by Crippen LogP contribution is 2.29. The van der Waals surface area contributed by atoms with Crippen LogP contribution in [0.25, 0.3) is 0 Å². The third-order valence-corrected chi connectivity index (χ3v) is 3.25. The van der Waals surface area contributed by atoms with Gasteiger partial charge in [0.1, 0.15) is 11.9 Å². The van der Waals surface area contributed by atoms with Crippen LogP contribution in [-0.2, 0) is 4.74 Å². The number of anilines is 2. The number of rotatable bonds is 4. The quantitative estimate of drug-likeness (QED) is 0.510. The van der Waals surface area contributed by atoms with Gasteiger partial charge in [-0.25, -0.2) is 9.97 Å². The van der Waals surface area contributed by atoms with Crippen LogP contribution in [0.2, 0.25) is 0 Å². The van der Waals surface area contributed by atoms with Crippen molar-refractivity contribution in [2.24, 2.45) is 0 Å². The Morgan fingerprint density at radius 1 is 1.74 bits per heavy atom. The molecule has 9 heteroatoms. The van der Waals surface area contributed by atoms with Crippen LogP contribution in [0.5, 0.6) is 0 Å². The van der Waals surface area contributed by atoms with Crippen molar-refractivity contribution >= 4 is 17.3 Å². The van der Waals surface area contributed by atoms with Gasteiger partial charge >= 0.3 is 5.69 Å². The van der Waals surface area contributed by atoms with Gasteiger partial charge in [-0.05, 0) is 6.92 Å². The van der Waals surface area contributed by atoms with E-state index in [1.807, 2.05) is 0 Å². The molecule has 1 aliphatic rings. The average Bonchev–Trinajstić information content (AvgIpc) is 2.67. The molecule has 1 aromatic heterocycles. The molecule has 2 unspecified atom stereocenters. The highest BCUT2D eigenvalue weighted by atomic mass is 16.6. The highest BCUT2D eigenvalue weighted by Gasteiger charge is 2.40. The third-order valence-electron chi connectivity index (χ3n) is 3.25. The maximum atomic E-state index is 10.9. The number of nitrogens with zero attached hydrogens (tertiary/aromatic N) is 3.